The topological polar surface area (TPSA) is 21.1 Å². The number of rotatable bonds is 3. The Labute approximate surface area is 110 Å². The number of likely N-dealkylation sites (tertiary alicyclic amines) is 1. The first-order chi connectivity index (χ1) is 8.74. The number of hydrogen-bond acceptors (Lipinski definition) is 2. The Kier molecular flexibility index (Phi) is 3.42. The number of aromatic nitrogens is 2. The molecule has 3 rings (SSSR count). The van der Waals surface area contributed by atoms with Gasteiger partial charge in [0.25, 0.3) is 0 Å². The van der Waals surface area contributed by atoms with Crippen LogP contribution in [-0.4, -0.2) is 33.1 Å². The molecule has 0 aliphatic carbocycles. The molecule has 0 aromatic carbocycles. The van der Waals surface area contributed by atoms with Gasteiger partial charge in [0.1, 0.15) is 5.82 Å². The fourth-order valence-corrected chi connectivity index (χ4v) is 3.57. The lowest BCUT2D eigenvalue weighted by Gasteiger charge is -2.27. The Hall–Kier alpha value is -0.830. The molecule has 2 aliphatic rings. The highest BCUT2D eigenvalue weighted by Crippen LogP contribution is 2.24. The fraction of sp³-hybridized carbons (Fsp3) is 0.800. The maximum Gasteiger partial charge on any atom is 0.108 e. The van der Waals surface area contributed by atoms with E-state index in [0.717, 1.165) is 12.5 Å². The summed E-state index contributed by atoms with van der Waals surface area (Å²) in [7, 11) is 0. The van der Waals surface area contributed by atoms with Crippen LogP contribution in [0.25, 0.3) is 0 Å². The minimum absolute atomic E-state index is 0.676. The van der Waals surface area contributed by atoms with Crippen LogP contribution in [0.3, 0.4) is 0 Å². The summed E-state index contributed by atoms with van der Waals surface area (Å²) in [5.41, 5.74) is 1.32. The van der Waals surface area contributed by atoms with Crippen molar-refractivity contribution in [1.82, 2.24) is 14.5 Å². The van der Waals surface area contributed by atoms with Crippen LogP contribution in [0.2, 0.25) is 0 Å². The summed E-state index contributed by atoms with van der Waals surface area (Å²) in [6.45, 7) is 7.09. The molecule has 0 amide bonds. The number of hydrogen-bond donors (Lipinski definition) is 0. The van der Waals surface area contributed by atoms with E-state index in [1.54, 1.807) is 0 Å². The van der Waals surface area contributed by atoms with Crippen molar-refractivity contribution in [2.75, 3.05) is 6.54 Å². The van der Waals surface area contributed by atoms with Crippen molar-refractivity contribution >= 4 is 0 Å². The Balaban J connectivity index is 1.70. The highest BCUT2D eigenvalue weighted by molar-refractivity contribution is 5.08. The standard InChI is InChI=1S/C15H25N3/c1-12(2)18-9-5-6-14(18)10-13-11-17-8-4-3-7-15(17)16-13/h11-12,14H,3-10H2,1-2H3. The predicted molar refractivity (Wildman–Crippen MR) is 73.7 cm³/mol. The van der Waals surface area contributed by atoms with E-state index < -0.39 is 0 Å². The highest BCUT2D eigenvalue weighted by Gasteiger charge is 2.27. The largest absolute Gasteiger partial charge is 0.335 e. The number of nitrogens with zero attached hydrogens (tertiary/aromatic N) is 3. The van der Waals surface area contributed by atoms with E-state index >= 15 is 0 Å². The van der Waals surface area contributed by atoms with Crippen LogP contribution >= 0.6 is 0 Å². The van der Waals surface area contributed by atoms with Gasteiger partial charge in [-0.2, -0.15) is 0 Å². The van der Waals surface area contributed by atoms with Gasteiger partial charge in [-0.05, 0) is 46.1 Å². The average molecular weight is 247 g/mol. The molecule has 1 saturated heterocycles. The van der Waals surface area contributed by atoms with Crippen molar-refractivity contribution in [1.29, 1.82) is 0 Å². The van der Waals surface area contributed by atoms with Crippen molar-refractivity contribution in [2.24, 2.45) is 0 Å². The molecule has 100 valence electrons. The Morgan fingerprint density at radius 3 is 2.94 bits per heavy atom. The van der Waals surface area contributed by atoms with Gasteiger partial charge >= 0.3 is 0 Å². The monoisotopic (exact) mass is 247 g/mol. The second kappa shape index (κ2) is 5.04. The molecule has 0 spiro atoms. The molecule has 0 saturated carbocycles. The lowest BCUT2D eigenvalue weighted by Crippen LogP contribution is -2.36. The molecule has 1 aromatic rings. The van der Waals surface area contributed by atoms with Gasteiger partial charge in [-0.3, -0.25) is 4.90 Å². The summed E-state index contributed by atoms with van der Waals surface area (Å²) in [6.07, 6.45) is 9.99. The molecule has 1 aromatic heterocycles. The molecule has 3 nitrogen and oxygen atoms in total. The second-order valence-electron chi connectivity index (χ2n) is 6.13. The normalized spacial score (nSPS) is 24.7. The summed E-state index contributed by atoms with van der Waals surface area (Å²) >= 11 is 0. The van der Waals surface area contributed by atoms with E-state index in [4.69, 9.17) is 4.98 Å². The molecule has 1 atom stereocenters. The van der Waals surface area contributed by atoms with Crippen LogP contribution in [-0.2, 0) is 19.4 Å². The quantitative estimate of drug-likeness (QED) is 0.818. The molecule has 0 bridgehead atoms. The molecule has 18 heavy (non-hydrogen) atoms. The molecular weight excluding hydrogens is 222 g/mol. The summed E-state index contributed by atoms with van der Waals surface area (Å²) in [6, 6.07) is 1.40. The Morgan fingerprint density at radius 2 is 2.17 bits per heavy atom. The summed E-state index contributed by atoms with van der Waals surface area (Å²) < 4.78 is 2.38. The van der Waals surface area contributed by atoms with Crippen molar-refractivity contribution < 1.29 is 0 Å². The molecular formula is C15H25N3. The Morgan fingerprint density at radius 1 is 1.28 bits per heavy atom. The van der Waals surface area contributed by atoms with Gasteiger partial charge in [0.05, 0.1) is 5.69 Å². The van der Waals surface area contributed by atoms with Crippen LogP contribution in [0.15, 0.2) is 6.20 Å². The van der Waals surface area contributed by atoms with Gasteiger partial charge in [-0.15, -0.1) is 0 Å². The smallest absolute Gasteiger partial charge is 0.108 e. The van der Waals surface area contributed by atoms with E-state index in [2.05, 4.69) is 29.5 Å². The zero-order valence-electron chi connectivity index (χ0n) is 11.7. The van der Waals surface area contributed by atoms with Crippen molar-refractivity contribution in [3.63, 3.8) is 0 Å². The summed E-state index contributed by atoms with van der Waals surface area (Å²) in [5, 5.41) is 0. The second-order valence-corrected chi connectivity index (χ2v) is 6.13. The van der Waals surface area contributed by atoms with Gasteiger partial charge in [0.15, 0.2) is 0 Å². The van der Waals surface area contributed by atoms with E-state index in [0.29, 0.717) is 6.04 Å². The van der Waals surface area contributed by atoms with Gasteiger partial charge in [0.2, 0.25) is 0 Å². The van der Waals surface area contributed by atoms with Crippen molar-refractivity contribution in [3.8, 4) is 0 Å². The fourth-order valence-electron chi connectivity index (χ4n) is 3.57. The zero-order valence-corrected chi connectivity index (χ0v) is 11.7. The first kappa shape index (κ1) is 12.2. The molecule has 0 N–H and O–H groups in total. The maximum absolute atomic E-state index is 4.84. The van der Waals surface area contributed by atoms with E-state index in [1.807, 2.05) is 0 Å². The molecule has 3 heterocycles. The van der Waals surface area contributed by atoms with Gasteiger partial charge in [-0.1, -0.05) is 0 Å². The number of fused-ring (bicyclic) bond motifs is 1. The number of imidazole rings is 1. The molecule has 0 radical (unpaired) electrons. The lowest BCUT2D eigenvalue weighted by molar-refractivity contribution is 0.202. The van der Waals surface area contributed by atoms with E-state index in [-0.39, 0.29) is 0 Å². The minimum Gasteiger partial charge on any atom is -0.335 e. The molecule has 2 aliphatic heterocycles. The third-order valence-electron chi connectivity index (χ3n) is 4.49. The van der Waals surface area contributed by atoms with Crippen LogP contribution in [0.5, 0.6) is 0 Å². The summed E-state index contributed by atoms with van der Waals surface area (Å²) in [4.78, 5) is 7.50. The highest BCUT2D eigenvalue weighted by atomic mass is 15.2. The van der Waals surface area contributed by atoms with Gasteiger partial charge < -0.3 is 4.57 Å². The minimum atomic E-state index is 0.676. The first-order valence-electron chi connectivity index (χ1n) is 7.54. The van der Waals surface area contributed by atoms with E-state index in [9.17, 15) is 0 Å². The van der Waals surface area contributed by atoms with E-state index in [1.165, 1.54) is 56.7 Å². The third kappa shape index (κ3) is 2.33. The molecule has 1 fully saturated rings. The van der Waals surface area contributed by atoms with Crippen molar-refractivity contribution in [2.45, 2.75) is 71.0 Å². The first-order valence-corrected chi connectivity index (χ1v) is 7.54. The van der Waals surface area contributed by atoms with Crippen LogP contribution in [0, 0.1) is 0 Å². The molecule has 3 heteroatoms. The SMILES string of the molecule is CC(C)N1CCCC1Cc1cn2c(n1)CCCC2. The van der Waals surface area contributed by atoms with Gasteiger partial charge in [0, 0.05) is 37.7 Å². The average Bonchev–Trinajstić information content (AvgIpc) is 2.94. The van der Waals surface area contributed by atoms with Gasteiger partial charge in [-0.25, -0.2) is 4.98 Å². The van der Waals surface area contributed by atoms with Crippen LogP contribution in [0.4, 0.5) is 0 Å². The lowest BCUT2D eigenvalue weighted by atomic mass is 10.1. The zero-order chi connectivity index (χ0) is 12.5. The van der Waals surface area contributed by atoms with Crippen molar-refractivity contribution in [3.05, 3.63) is 17.7 Å². The number of aryl methyl sites for hydroxylation is 2. The maximum atomic E-state index is 4.84. The third-order valence-corrected chi connectivity index (χ3v) is 4.49. The summed E-state index contributed by atoms with van der Waals surface area (Å²) in [5.74, 6) is 1.32. The molecule has 1 unspecified atom stereocenters. The van der Waals surface area contributed by atoms with Crippen LogP contribution in [0.1, 0.15) is 51.0 Å². The Bertz CT molecular complexity index is 384. The predicted octanol–water partition coefficient (Wildman–Crippen LogP) is 2.63. The van der Waals surface area contributed by atoms with Crippen LogP contribution < -0.4 is 0 Å².